The van der Waals surface area contributed by atoms with Crippen molar-refractivity contribution in [1.82, 2.24) is 10.3 Å². The molecule has 1 saturated heterocycles. The number of nitrogens with two attached hydrogens (primary N) is 1. The zero-order chi connectivity index (χ0) is 16.2. The van der Waals surface area contributed by atoms with Crippen molar-refractivity contribution in [3.05, 3.63) is 41.0 Å². The molecule has 1 fully saturated rings. The third kappa shape index (κ3) is 4.02. The summed E-state index contributed by atoms with van der Waals surface area (Å²) < 4.78 is 19.5. The fourth-order valence-electron chi connectivity index (χ4n) is 2.68. The van der Waals surface area contributed by atoms with Crippen LogP contribution in [-0.4, -0.2) is 30.9 Å². The van der Waals surface area contributed by atoms with E-state index >= 15 is 0 Å². The number of ether oxygens (including phenoxy) is 1. The van der Waals surface area contributed by atoms with E-state index in [0.29, 0.717) is 22.3 Å². The summed E-state index contributed by atoms with van der Waals surface area (Å²) in [6.45, 7) is 2.39. The number of dihydropyridines is 1. The number of pyridine rings is 1. The molecule has 0 spiro atoms. The molecule has 2 aliphatic heterocycles. The Morgan fingerprint density at radius 1 is 1.39 bits per heavy atom. The number of allylic oxidation sites excluding steroid dienone is 2. The Hall–Kier alpha value is -1.63. The summed E-state index contributed by atoms with van der Waals surface area (Å²) >= 11 is 6.14. The minimum absolute atomic E-state index is 0.208. The third-order valence-corrected chi connectivity index (χ3v) is 4.33. The molecule has 0 aliphatic carbocycles. The van der Waals surface area contributed by atoms with E-state index in [-0.39, 0.29) is 5.69 Å². The monoisotopic (exact) mass is 338 g/mol. The number of nitrogens with one attached hydrogen (secondary N) is 2. The Morgan fingerprint density at radius 3 is 2.96 bits per heavy atom. The highest BCUT2D eigenvalue weighted by molar-refractivity contribution is 6.37. The van der Waals surface area contributed by atoms with Gasteiger partial charge in [0.15, 0.2) is 0 Å². The predicted octanol–water partition coefficient (Wildman–Crippen LogP) is 2.41. The first-order valence-corrected chi connectivity index (χ1v) is 8.09. The van der Waals surface area contributed by atoms with Crippen LogP contribution in [0, 0.1) is 11.7 Å². The molecule has 1 atom stereocenters. The van der Waals surface area contributed by atoms with Crippen LogP contribution in [0.25, 0.3) is 5.57 Å². The lowest BCUT2D eigenvalue weighted by Gasteiger charge is -2.22. The van der Waals surface area contributed by atoms with Crippen LogP contribution in [0.15, 0.2) is 29.4 Å². The lowest BCUT2D eigenvalue weighted by Crippen LogP contribution is -2.34. The third-order valence-electron chi connectivity index (χ3n) is 4.02. The number of rotatable bonds is 4. The van der Waals surface area contributed by atoms with E-state index in [9.17, 15) is 4.39 Å². The molecule has 3 rings (SSSR count). The van der Waals surface area contributed by atoms with Gasteiger partial charge < -0.3 is 21.1 Å². The zero-order valence-electron chi connectivity index (χ0n) is 12.7. The molecule has 7 heteroatoms. The molecule has 0 saturated carbocycles. The molecule has 0 aromatic carbocycles. The Kier molecular flexibility index (Phi) is 5.15. The Labute approximate surface area is 139 Å². The maximum Gasteiger partial charge on any atom is 0.149 e. The summed E-state index contributed by atoms with van der Waals surface area (Å²) in [5.74, 6) is 0.757. The number of hydrogen-bond acceptors (Lipinski definition) is 5. The van der Waals surface area contributed by atoms with Gasteiger partial charge in [0.1, 0.15) is 17.3 Å². The first-order chi connectivity index (χ1) is 11.1. The van der Waals surface area contributed by atoms with Gasteiger partial charge in [-0.2, -0.15) is 0 Å². The predicted molar refractivity (Wildman–Crippen MR) is 89.3 cm³/mol. The van der Waals surface area contributed by atoms with Gasteiger partial charge in [0.05, 0.1) is 11.2 Å². The van der Waals surface area contributed by atoms with Crippen LogP contribution in [0.5, 0.6) is 0 Å². The molecule has 23 heavy (non-hydrogen) atoms. The number of aromatic nitrogens is 1. The molecule has 1 aromatic heterocycles. The lowest BCUT2D eigenvalue weighted by molar-refractivity contribution is 0.0699. The molecule has 1 aromatic rings. The van der Waals surface area contributed by atoms with Gasteiger partial charge in [-0.15, -0.1) is 0 Å². The van der Waals surface area contributed by atoms with Gasteiger partial charge in [-0.3, -0.25) is 0 Å². The second-order valence-electron chi connectivity index (χ2n) is 5.73. The van der Waals surface area contributed by atoms with Crippen molar-refractivity contribution < 1.29 is 9.13 Å². The van der Waals surface area contributed by atoms with Gasteiger partial charge in [0.25, 0.3) is 0 Å². The Balaban J connectivity index is 1.75. The van der Waals surface area contributed by atoms with Crippen molar-refractivity contribution in [3.8, 4) is 0 Å². The molecular formula is C16H20ClFN4O. The quantitative estimate of drug-likeness (QED) is 0.786. The van der Waals surface area contributed by atoms with E-state index in [0.717, 1.165) is 32.6 Å². The summed E-state index contributed by atoms with van der Waals surface area (Å²) in [5, 5.41) is 6.53. The normalized spacial score (nSPS) is 22.1. The van der Waals surface area contributed by atoms with E-state index in [1.165, 1.54) is 6.07 Å². The number of anilines is 1. The van der Waals surface area contributed by atoms with Crippen LogP contribution >= 0.6 is 11.6 Å². The van der Waals surface area contributed by atoms with Gasteiger partial charge >= 0.3 is 0 Å². The molecule has 124 valence electrons. The van der Waals surface area contributed by atoms with Crippen LogP contribution in [0.3, 0.4) is 0 Å². The zero-order valence-corrected chi connectivity index (χ0v) is 13.4. The highest BCUT2D eigenvalue weighted by Crippen LogP contribution is 2.29. The summed E-state index contributed by atoms with van der Waals surface area (Å²) in [6.07, 6.45) is 4.87. The average Bonchev–Trinajstić information content (AvgIpc) is 2.57. The van der Waals surface area contributed by atoms with Gasteiger partial charge in [-0.05, 0) is 37.0 Å². The molecule has 3 heterocycles. The van der Waals surface area contributed by atoms with Crippen LogP contribution in [-0.2, 0) is 4.74 Å². The molecule has 4 N–H and O–H groups in total. The van der Waals surface area contributed by atoms with Crippen molar-refractivity contribution in [1.29, 1.82) is 0 Å². The van der Waals surface area contributed by atoms with E-state index in [1.54, 1.807) is 18.3 Å². The highest BCUT2D eigenvalue weighted by atomic mass is 35.5. The van der Waals surface area contributed by atoms with Crippen molar-refractivity contribution in [2.45, 2.75) is 19.0 Å². The summed E-state index contributed by atoms with van der Waals surface area (Å²) in [4.78, 5) is 4.37. The maximum atomic E-state index is 14.2. The molecule has 2 aliphatic rings. The number of halogens is 2. The van der Waals surface area contributed by atoms with Gasteiger partial charge in [0.2, 0.25) is 0 Å². The molecule has 0 amide bonds. The summed E-state index contributed by atoms with van der Waals surface area (Å²) in [6, 6.07) is 3.03. The fourth-order valence-corrected chi connectivity index (χ4v) is 2.89. The molecule has 0 radical (unpaired) electrons. The van der Waals surface area contributed by atoms with Crippen molar-refractivity contribution in [2.24, 2.45) is 11.7 Å². The lowest BCUT2D eigenvalue weighted by atomic mass is 10.0. The smallest absolute Gasteiger partial charge is 0.149 e. The average molecular weight is 339 g/mol. The van der Waals surface area contributed by atoms with Crippen molar-refractivity contribution >= 4 is 23.0 Å². The molecule has 0 bridgehead atoms. The minimum Gasteiger partial charge on any atom is -0.381 e. The molecule has 1 unspecified atom stereocenters. The number of nitrogens with zero attached hydrogens (tertiary/aromatic N) is 1. The largest absolute Gasteiger partial charge is 0.381 e. The topological polar surface area (TPSA) is 72.2 Å². The Bertz CT molecular complexity index is 629. The van der Waals surface area contributed by atoms with Crippen molar-refractivity contribution in [2.75, 3.05) is 25.1 Å². The van der Waals surface area contributed by atoms with E-state index < -0.39 is 12.0 Å². The first kappa shape index (κ1) is 16.2. The van der Waals surface area contributed by atoms with Crippen molar-refractivity contribution in [3.63, 3.8) is 0 Å². The van der Waals surface area contributed by atoms with Crippen LogP contribution in [0.2, 0.25) is 0 Å². The fraction of sp³-hybridized carbons (Fsp3) is 0.438. The summed E-state index contributed by atoms with van der Waals surface area (Å²) in [5.41, 5.74) is 6.51. The van der Waals surface area contributed by atoms with E-state index in [4.69, 9.17) is 22.1 Å². The van der Waals surface area contributed by atoms with Gasteiger partial charge in [-0.25, -0.2) is 9.37 Å². The standard InChI is InChI=1S/C16H20ClFN4O/c17-12-9-20-14(19)7-11(12)16-13(18)1-2-15(22-16)21-8-10-3-5-23-6-4-10/h1-2,7,9-10,14,20H,3-6,8,19H2,(H,21,22). The van der Waals surface area contributed by atoms with E-state index in [2.05, 4.69) is 15.6 Å². The Morgan fingerprint density at radius 2 is 2.17 bits per heavy atom. The maximum absolute atomic E-state index is 14.2. The second-order valence-corrected chi connectivity index (χ2v) is 6.14. The highest BCUT2D eigenvalue weighted by Gasteiger charge is 2.19. The number of hydrogen-bond donors (Lipinski definition) is 3. The minimum atomic E-state index is -0.423. The molecule has 5 nitrogen and oxygen atoms in total. The van der Waals surface area contributed by atoms with Crippen LogP contribution in [0.1, 0.15) is 18.5 Å². The SMILES string of the molecule is NC1C=C(c2nc(NCC3CCOCC3)ccc2F)C(Cl)=CN1. The van der Waals surface area contributed by atoms with Crippen LogP contribution in [0.4, 0.5) is 10.2 Å². The second kappa shape index (κ2) is 7.29. The first-order valence-electron chi connectivity index (χ1n) is 7.71. The van der Waals surface area contributed by atoms with Gasteiger partial charge in [0, 0.05) is 31.5 Å². The van der Waals surface area contributed by atoms with E-state index in [1.807, 2.05) is 0 Å². The summed E-state index contributed by atoms with van der Waals surface area (Å²) in [7, 11) is 0. The van der Waals surface area contributed by atoms with Gasteiger partial charge in [-0.1, -0.05) is 11.6 Å². The molecular weight excluding hydrogens is 319 g/mol. The van der Waals surface area contributed by atoms with Crippen LogP contribution < -0.4 is 16.4 Å².